The summed E-state index contributed by atoms with van der Waals surface area (Å²) in [5.41, 5.74) is 1.68. The minimum absolute atomic E-state index is 0.0558. The molecule has 2 unspecified atom stereocenters. The summed E-state index contributed by atoms with van der Waals surface area (Å²) in [6.07, 6.45) is 3.61. The third kappa shape index (κ3) is 3.11. The number of likely N-dealkylation sites (tertiary alicyclic amines) is 1. The van der Waals surface area contributed by atoms with Crippen LogP contribution >= 0.6 is 11.8 Å². The Hall–Kier alpha value is -2.42. The number of carbonyl (C=O) groups is 3. The number of piperidine rings is 1. The lowest BCUT2D eigenvalue weighted by atomic mass is 9.93. The van der Waals surface area contributed by atoms with Gasteiger partial charge in [-0.15, -0.1) is 0 Å². The quantitative estimate of drug-likeness (QED) is 0.858. The van der Waals surface area contributed by atoms with Crippen LogP contribution in [-0.4, -0.2) is 55.5 Å². The third-order valence-electron chi connectivity index (χ3n) is 4.67. The monoisotopic (exact) mass is 359 g/mol. The first-order chi connectivity index (χ1) is 12.1. The highest BCUT2D eigenvalue weighted by molar-refractivity contribution is 8.15. The molecule has 0 aromatic carbocycles. The van der Waals surface area contributed by atoms with E-state index in [1.54, 1.807) is 11.1 Å². The van der Waals surface area contributed by atoms with Crippen LogP contribution in [0.25, 0.3) is 11.0 Å². The molecule has 2 aromatic heterocycles. The van der Waals surface area contributed by atoms with Crippen LogP contribution in [0.5, 0.6) is 0 Å². The van der Waals surface area contributed by atoms with Crippen LogP contribution in [0.2, 0.25) is 0 Å². The molecule has 9 heteroatoms. The van der Waals surface area contributed by atoms with Gasteiger partial charge in [0.05, 0.1) is 0 Å². The Morgan fingerprint density at radius 3 is 3.08 bits per heavy atom. The Kier molecular flexibility index (Phi) is 4.16. The van der Waals surface area contributed by atoms with Crippen molar-refractivity contribution in [2.45, 2.75) is 30.4 Å². The number of nitrogens with zero attached hydrogens (tertiary/aromatic N) is 3. The molecule has 2 atom stereocenters. The van der Waals surface area contributed by atoms with E-state index in [1.165, 1.54) is 0 Å². The molecule has 2 N–H and O–H groups in total. The van der Waals surface area contributed by atoms with Gasteiger partial charge in [0.2, 0.25) is 11.8 Å². The Bertz CT molecular complexity index is 851. The summed E-state index contributed by atoms with van der Waals surface area (Å²) in [6, 6.07) is 3.85. The van der Waals surface area contributed by atoms with Crippen LogP contribution in [0.4, 0.5) is 4.79 Å². The van der Waals surface area contributed by atoms with Gasteiger partial charge in [-0.05, 0) is 25.0 Å². The second-order valence-electron chi connectivity index (χ2n) is 6.28. The maximum atomic E-state index is 12.6. The van der Waals surface area contributed by atoms with Crippen LogP contribution in [0.15, 0.2) is 18.3 Å². The van der Waals surface area contributed by atoms with Crippen LogP contribution in [0.3, 0.4) is 0 Å². The molecule has 2 aromatic rings. The Labute approximate surface area is 147 Å². The van der Waals surface area contributed by atoms with Gasteiger partial charge in [0.1, 0.15) is 5.25 Å². The number of thioether (sulfide) groups is 1. The van der Waals surface area contributed by atoms with Gasteiger partial charge in [0.15, 0.2) is 5.65 Å². The smallest absolute Gasteiger partial charge is 0.286 e. The zero-order valence-electron chi connectivity index (χ0n) is 13.4. The van der Waals surface area contributed by atoms with E-state index in [1.807, 2.05) is 12.1 Å². The summed E-state index contributed by atoms with van der Waals surface area (Å²) >= 11 is 0.895. The van der Waals surface area contributed by atoms with Crippen LogP contribution in [-0.2, 0) is 9.59 Å². The highest BCUT2D eigenvalue weighted by Crippen LogP contribution is 2.31. The van der Waals surface area contributed by atoms with Crippen molar-refractivity contribution >= 4 is 39.8 Å². The summed E-state index contributed by atoms with van der Waals surface area (Å²) in [4.78, 5) is 41.5. The van der Waals surface area contributed by atoms with E-state index in [-0.39, 0.29) is 29.4 Å². The van der Waals surface area contributed by atoms with Crippen LogP contribution in [0, 0.1) is 0 Å². The summed E-state index contributed by atoms with van der Waals surface area (Å²) in [5.74, 6) is -0.296. The highest BCUT2D eigenvalue weighted by Gasteiger charge is 2.35. The largest absolute Gasteiger partial charge is 0.342 e. The molecular formula is C16H17N5O3S. The fourth-order valence-corrected chi connectivity index (χ4v) is 4.25. The van der Waals surface area contributed by atoms with Crippen molar-refractivity contribution in [1.29, 1.82) is 0 Å². The predicted octanol–water partition coefficient (Wildman–Crippen LogP) is 1.41. The number of aromatic amines is 1. The number of fused-ring (bicyclic) bond motifs is 1. The molecule has 4 rings (SSSR count). The first kappa shape index (κ1) is 16.1. The number of H-pyrrole nitrogens is 1. The summed E-state index contributed by atoms with van der Waals surface area (Å²) in [6.45, 7) is 1.25. The van der Waals surface area contributed by atoms with E-state index in [9.17, 15) is 14.4 Å². The summed E-state index contributed by atoms with van der Waals surface area (Å²) in [7, 11) is 0. The number of hydrogen-bond donors (Lipinski definition) is 2. The molecule has 8 nitrogen and oxygen atoms in total. The number of pyridine rings is 1. The molecule has 3 amide bonds. The lowest BCUT2D eigenvalue weighted by Gasteiger charge is -2.32. The van der Waals surface area contributed by atoms with Gasteiger partial charge in [0, 0.05) is 42.7 Å². The molecule has 2 fully saturated rings. The van der Waals surface area contributed by atoms with Crippen molar-refractivity contribution < 1.29 is 14.4 Å². The molecule has 0 radical (unpaired) electrons. The molecule has 0 spiro atoms. The third-order valence-corrected chi connectivity index (χ3v) is 5.65. The zero-order chi connectivity index (χ0) is 17.4. The van der Waals surface area contributed by atoms with Gasteiger partial charge in [0.25, 0.3) is 5.24 Å². The summed E-state index contributed by atoms with van der Waals surface area (Å²) < 4.78 is 0. The maximum absolute atomic E-state index is 12.6. The van der Waals surface area contributed by atoms with E-state index in [0.29, 0.717) is 18.7 Å². The Balaban J connectivity index is 1.46. The number of rotatable bonds is 3. The SMILES string of the molecule is O=C1NC(=O)C(CC(=O)N2CCCC(c3[nH]nc4ncccc34)C2)S1. The van der Waals surface area contributed by atoms with E-state index < -0.39 is 5.25 Å². The molecule has 25 heavy (non-hydrogen) atoms. The lowest BCUT2D eigenvalue weighted by Crippen LogP contribution is -2.41. The van der Waals surface area contributed by atoms with E-state index >= 15 is 0 Å². The summed E-state index contributed by atoms with van der Waals surface area (Å²) in [5, 5.41) is 9.51. The molecule has 0 aliphatic carbocycles. The average Bonchev–Trinajstić information content (AvgIpc) is 3.18. The van der Waals surface area contributed by atoms with Gasteiger partial charge >= 0.3 is 0 Å². The number of carbonyl (C=O) groups excluding carboxylic acids is 3. The molecule has 130 valence electrons. The van der Waals surface area contributed by atoms with Gasteiger partial charge in [-0.25, -0.2) is 4.98 Å². The Morgan fingerprint density at radius 1 is 1.40 bits per heavy atom. The first-order valence-electron chi connectivity index (χ1n) is 8.20. The van der Waals surface area contributed by atoms with Gasteiger partial charge < -0.3 is 4.90 Å². The minimum Gasteiger partial charge on any atom is -0.342 e. The highest BCUT2D eigenvalue weighted by atomic mass is 32.2. The molecule has 0 bridgehead atoms. The second-order valence-corrected chi connectivity index (χ2v) is 7.45. The van der Waals surface area contributed by atoms with Crippen LogP contribution in [0.1, 0.15) is 30.9 Å². The molecule has 4 heterocycles. The van der Waals surface area contributed by atoms with Gasteiger partial charge in [-0.3, -0.25) is 24.8 Å². The zero-order valence-corrected chi connectivity index (χ0v) is 14.2. The van der Waals surface area contributed by atoms with Crippen molar-refractivity contribution in [3.8, 4) is 0 Å². The van der Waals surface area contributed by atoms with Crippen molar-refractivity contribution in [2.24, 2.45) is 0 Å². The van der Waals surface area contributed by atoms with E-state index in [2.05, 4.69) is 20.5 Å². The molecule has 2 aliphatic rings. The fourth-order valence-electron chi connectivity index (χ4n) is 3.44. The molecule has 2 saturated heterocycles. The number of hydrogen-bond acceptors (Lipinski definition) is 6. The normalized spacial score (nSPS) is 23.9. The standard InChI is InChI=1S/C16H17N5O3S/c22-12(7-11-15(23)18-16(24)25-11)21-6-2-3-9(8-21)13-10-4-1-5-17-14(10)20-19-13/h1,4-5,9,11H,2-3,6-8H2,(H,17,19,20)(H,18,23,24). The predicted molar refractivity (Wildman–Crippen MR) is 92.0 cm³/mol. The lowest BCUT2D eigenvalue weighted by molar-refractivity contribution is -0.134. The fraction of sp³-hybridized carbons (Fsp3) is 0.438. The van der Waals surface area contributed by atoms with Crippen molar-refractivity contribution in [2.75, 3.05) is 13.1 Å². The van der Waals surface area contributed by atoms with Crippen molar-refractivity contribution in [3.63, 3.8) is 0 Å². The minimum atomic E-state index is -0.613. The van der Waals surface area contributed by atoms with Crippen molar-refractivity contribution in [1.82, 2.24) is 25.4 Å². The number of nitrogens with one attached hydrogen (secondary N) is 2. The molecule has 0 saturated carbocycles. The van der Waals surface area contributed by atoms with E-state index in [4.69, 9.17) is 0 Å². The van der Waals surface area contributed by atoms with Gasteiger partial charge in [-0.2, -0.15) is 5.10 Å². The van der Waals surface area contributed by atoms with E-state index in [0.717, 1.165) is 35.7 Å². The average molecular weight is 359 g/mol. The Morgan fingerprint density at radius 2 is 2.28 bits per heavy atom. The second kappa shape index (κ2) is 6.47. The van der Waals surface area contributed by atoms with Gasteiger partial charge in [-0.1, -0.05) is 11.8 Å². The number of amides is 3. The van der Waals surface area contributed by atoms with Crippen LogP contribution < -0.4 is 5.32 Å². The molecule has 2 aliphatic heterocycles. The topological polar surface area (TPSA) is 108 Å². The first-order valence-corrected chi connectivity index (χ1v) is 9.08. The number of aromatic nitrogens is 3. The molecular weight excluding hydrogens is 342 g/mol. The number of imide groups is 1. The maximum Gasteiger partial charge on any atom is 0.286 e. The van der Waals surface area contributed by atoms with Crippen molar-refractivity contribution in [3.05, 3.63) is 24.0 Å².